The summed E-state index contributed by atoms with van der Waals surface area (Å²) in [4.78, 5) is 10.2. The van der Waals surface area contributed by atoms with Crippen LogP contribution in [-0.4, -0.2) is 21.3 Å². The van der Waals surface area contributed by atoms with Crippen molar-refractivity contribution in [1.29, 1.82) is 0 Å². The van der Waals surface area contributed by atoms with Crippen molar-refractivity contribution in [3.8, 4) is 11.5 Å². The number of allylic oxidation sites excluding steroid dienone is 1. The molecule has 34 heavy (non-hydrogen) atoms. The van der Waals surface area contributed by atoms with Gasteiger partial charge in [-0.05, 0) is 37.1 Å². The van der Waals surface area contributed by atoms with Crippen molar-refractivity contribution in [2.75, 3.05) is 0 Å². The molecule has 0 aliphatic heterocycles. The Kier molecular flexibility index (Phi) is 22.9. The Bertz CT molecular complexity index is 661. The van der Waals surface area contributed by atoms with Crippen molar-refractivity contribution >= 4 is 5.97 Å². The molecule has 0 atom stereocenters. The minimum atomic E-state index is -0.834. The lowest BCUT2D eigenvalue weighted by atomic mass is 10.0. The molecule has 0 saturated heterocycles. The molecule has 0 aromatic heterocycles. The van der Waals surface area contributed by atoms with Gasteiger partial charge in [0.05, 0.1) is 0 Å². The first-order valence-corrected chi connectivity index (χ1v) is 12.9. The number of unbranched alkanes of at least 4 members (excludes halogenated alkanes) is 13. The molecule has 0 amide bonds. The normalized spacial score (nSPS) is 10.1. The molecule has 0 radical (unpaired) electrons. The topological polar surface area (TPSA) is 77.8 Å². The van der Waals surface area contributed by atoms with Crippen LogP contribution in [0.2, 0.25) is 0 Å². The van der Waals surface area contributed by atoms with Gasteiger partial charge in [0.1, 0.15) is 11.5 Å². The Morgan fingerprint density at radius 1 is 0.618 bits per heavy atom. The third-order valence-corrected chi connectivity index (χ3v) is 5.25. The highest BCUT2D eigenvalue weighted by Crippen LogP contribution is 2.13. The second-order valence-corrected chi connectivity index (χ2v) is 8.44. The molecule has 2 aromatic rings. The summed E-state index contributed by atoms with van der Waals surface area (Å²) in [7, 11) is 0. The summed E-state index contributed by atoms with van der Waals surface area (Å²) >= 11 is 0. The molecule has 0 fully saturated rings. The lowest BCUT2D eigenvalue weighted by Gasteiger charge is -2.02. The molecule has 0 spiro atoms. The van der Waals surface area contributed by atoms with E-state index in [1.165, 1.54) is 83.1 Å². The Morgan fingerprint density at radius 3 is 1.26 bits per heavy atom. The average Bonchev–Trinajstić information content (AvgIpc) is 2.83. The van der Waals surface area contributed by atoms with Crippen LogP contribution in [0.1, 0.15) is 96.8 Å². The van der Waals surface area contributed by atoms with Crippen LogP contribution in [0.15, 0.2) is 72.8 Å². The fourth-order valence-corrected chi connectivity index (χ4v) is 3.32. The molecule has 2 rings (SSSR count). The first kappa shape index (κ1) is 31.2. The zero-order valence-electron chi connectivity index (χ0n) is 21.1. The van der Waals surface area contributed by atoms with E-state index >= 15 is 0 Å². The number of phenolic OH excluding ortho intramolecular Hbond substituents is 2. The van der Waals surface area contributed by atoms with E-state index in [1.807, 2.05) is 12.1 Å². The highest BCUT2D eigenvalue weighted by Gasteiger charge is 1.93. The van der Waals surface area contributed by atoms with E-state index in [4.69, 9.17) is 15.3 Å². The molecule has 0 heterocycles. The van der Waals surface area contributed by atoms with Crippen LogP contribution < -0.4 is 0 Å². The summed E-state index contributed by atoms with van der Waals surface area (Å²) in [5.41, 5.74) is 0. The predicted molar refractivity (Wildman–Crippen MR) is 143 cm³/mol. The molecule has 0 bridgehead atoms. The smallest absolute Gasteiger partial charge is 0.327 e. The average molecular weight is 471 g/mol. The number of benzene rings is 2. The van der Waals surface area contributed by atoms with Crippen molar-refractivity contribution in [3.63, 3.8) is 0 Å². The number of rotatable bonds is 15. The molecule has 0 aliphatic carbocycles. The number of carboxylic acids is 1. The maximum Gasteiger partial charge on any atom is 0.327 e. The van der Waals surface area contributed by atoms with Crippen molar-refractivity contribution in [2.45, 2.75) is 96.8 Å². The quantitative estimate of drug-likeness (QED) is 0.179. The van der Waals surface area contributed by atoms with Gasteiger partial charge in [-0.15, -0.1) is 0 Å². The Hall–Kier alpha value is -2.75. The standard InChI is InChI=1S/C18H34O2.2C6H6O/c1-2-3-4-5-6-7-8-9-10-11-12-13-14-15-16-17-18(19)20;2*7-6-4-2-1-3-5-6/h16-17H,2-15H2,1H3,(H,19,20);2*1-5,7H. The van der Waals surface area contributed by atoms with Crippen LogP contribution >= 0.6 is 0 Å². The van der Waals surface area contributed by atoms with Gasteiger partial charge in [-0.25, -0.2) is 4.79 Å². The number of aliphatic carboxylic acids is 1. The van der Waals surface area contributed by atoms with Crippen molar-refractivity contribution in [3.05, 3.63) is 72.8 Å². The van der Waals surface area contributed by atoms with Gasteiger partial charge in [0.2, 0.25) is 0 Å². The van der Waals surface area contributed by atoms with Crippen LogP contribution in [0.4, 0.5) is 0 Å². The molecular weight excluding hydrogens is 424 g/mol. The number of carbonyl (C=O) groups is 1. The minimum absolute atomic E-state index is 0.322. The van der Waals surface area contributed by atoms with Gasteiger partial charge in [-0.3, -0.25) is 0 Å². The number of carboxylic acid groups (broad SMARTS) is 1. The zero-order valence-corrected chi connectivity index (χ0v) is 21.1. The summed E-state index contributed by atoms with van der Waals surface area (Å²) in [5.74, 6) is -0.190. The third-order valence-electron chi connectivity index (χ3n) is 5.25. The van der Waals surface area contributed by atoms with Gasteiger partial charge in [0, 0.05) is 6.08 Å². The first-order chi connectivity index (χ1) is 16.6. The monoisotopic (exact) mass is 470 g/mol. The van der Waals surface area contributed by atoms with Crippen molar-refractivity contribution < 1.29 is 20.1 Å². The summed E-state index contributed by atoms with van der Waals surface area (Å²) in [5, 5.41) is 25.7. The number of para-hydroxylation sites is 2. The lowest BCUT2D eigenvalue weighted by Crippen LogP contribution is -1.86. The zero-order chi connectivity index (χ0) is 25.1. The summed E-state index contributed by atoms with van der Waals surface area (Å²) in [6, 6.07) is 17.4. The van der Waals surface area contributed by atoms with E-state index in [-0.39, 0.29) is 0 Å². The van der Waals surface area contributed by atoms with Crippen LogP contribution in [0.5, 0.6) is 11.5 Å². The van der Waals surface area contributed by atoms with Crippen LogP contribution in [0, 0.1) is 0 Å². The van der Waals surface area contributed by atoms with Crippen molar-refractivity contribution in [1.82, 2.24) is 0 Å². The third kappa shape index (κ3) is 25.5. The van der Waals surface area contributed by atoms with Gasteiger partial charge in [0.15, 0.2) is 0 Å². The Morgan fingerprint density at radius 2 is 0.971 bits per heavy atom. The largest absolute Gasteiger partial charge is 0.508 e. The highest BCUT2D eigenvalue weighted by molar-refractivity contribution is 5.79. The lowest BCUT2D eigenvalue weighted by molar-refractivity contribution is -0.131. The van der Waals surface area contributed by atoms with E-state index in [1.54, 1.807) is 54.6 Å². The van der Waals surface area contributed by atoms with Crippen LogP contribution in [0.3, 0.4) is 0 Å². The fraction of sp³-hybridized carbons (Fsp3) is 0.500. The van der Waals surface area contributed by atoms with Gasteiger partial charge in [0.25, 0.3) is 0 Å². The summed E-state index contributed by atoms with van der Waals surface area (Å²) in [6.07, 6.45) is 21.6. The molecule has 4 nitrogen and oxygen atoms in total. The van der Waals surface area contributed by atoms with Gasteiger partial charge < -0.3 is 15.3 Å². The second kappa shape index (κ2) is 24.9. The van der Waals surface area contributed by atoms with Gasteiger partial charge in [-0.2, -0.15) is 0 Å². The first-order valence-electron chi connectivity index (χ1n) is 12.9. The molecular formula is C30H46O4. The summed E-state index contributed by atoms with van der Waals surface area (Å²) in [6.45, 7) is 2.27. The van der Waals surface area contributed by atoms with E-state index < -0.39 is 5.97 Å². The van der Waals surface area contributed by atoms with E-state index in [0.29, 0.717) is 11.5 Å². The SMILES string of the molecule is CCCCCCCCCCCCCCCC=CC(=O)O.Oc1ccccc1.Oc1ccccc1. The second-order valence-electron chi connectivity index (χ2n) is 8.44. The summed E-state index contributed by atoms with van der Waals surface area (Å²) < 4.78 is 0. The van der Waals surface area contributed by atoms with E-state index in [0.717, 1.165) is 12.8 Å². The molecule has 190 valence electrons. The maximum atomic E-state index is 10.2. The molecule has 4 heteroatoms. The Balaban J connectivity index is 0.000000619. The molecule has 0 saturated carbocycles. The molecule has 3 N–H and O–H groups in total. The van der Waals surface area contributed by atoms with Crippen molar-refractivity contribution in [2.24, 2.45) is 0 Å². The number of hydrogen-bond donors (Lipinski definition) is 3. The molecule has 0 unspecified atom stereocenters. The van der Waals surface area contributed by atoms with Crippen LogP contribution in [-0.2, 0) is 4.79 Å². The maximum absolute atomic E-state index is 10.2. The van der Waals surface area contributed by atoms with E-state index in [9.17, 15) is 4.79 Å². The van der Waals surface area contributed by atoms with E-state index in [2.05, 4.69) is 6.92 Å². The minimum Gasteiger partial charge on any atom is -0.508 e. The molecule has 0 aliphatic rings. The number of hydrogen-bond acceptors (Lipinski definition) is 3. The van der Waals surface area contributed by atoms with Crippen LogP contribution in [0.25, 0.3) is 0 Å². The number of aromatic hydroxyl groups is 2. The predicted octanol–water partition coefficient (Wildman–Crippen LogP) is 8.89. The van der Waals surface area contributed by atoms with Gasteiger partial charge >= 0.3 is 5.97 Å². The number of phenols is 2. The Labute approximate surface area is 207 Å². The molecule has 2 aromatic carbocycles. The van der Waals surface area contributed by atoms with Gasteiger partial charge in [-0.1, -0.05) is 126 Å². The highest BCUT2D eigenvalue weighted by atomic mass is 16.4. The fourth-order valence-electron chi connectivity index (χ4n) is 3.32.